The maximum atomic E-state index is 11.9. The SMILES string of the molecule is CNC(=O)OCCC(Oc1ccccc1NC(=O)CCCl)c1ccccc1. The molecule has 1 unspecified atom stereocenters. The highest BCUT2D eigenvalue weighted by atomic mass is 35.5. The van der Waals surface area contributed by atoms with Crippen LogP contribution >= 0.6 is 11.6 Å². The molecule has 2 aromatic rings. The smallest absolute Gasteiger partial charge is 0.406 e. The minimum atomic E-state index is -0.490. The van der Waals surface area contributed by atoms with Crippen LogP contribution in [-0.2, 0) is 9.53 Å². The van der Waals surface area contributed by atoms with Crippen molar-refractivity contribution in [1.29, 1.82) is 0 Å². The Morgan fingerprint density at radius 2 is 1.78 bits per heavy atom. The van der Waals surface area contributed by atoms with Crippen molar-refractivity contribution in [3.8, 4) is 5.75 Å². The fourth-order valence-electron chi connectivity index (χ4n) is 2.42. The van der Waals surface area contributed by atoms with E-state index in [0.717, 1.165) is 5.56 Å². The van der Waals surface area contributed by atoms with Gasteiger partial charge in [-0.1, -0.05) is 42.5 Å². The highest BCUT2D eigenvalue weighted by molar-refractivity contribution is 6.19. The fraction of sp³-hybridized carbons (Fsp3) is 0.300. The van der Waals surface area contributed by atoms with Gasteiger partial charge in [-0.2, -0.15) is 0 Å². The number of carbonyl (C=O) groups excluding carboxylic acids is 2. The molecule has 0 aliphatic heterocycles. The average Bonchev–Trinajstić information content (AvgIpc) is 2.69. The highest BCUT2D eigenvalue weighted by Gasteiger charge is 2.17. The highest BCUT2D eigenvalue weighted by Crippen LogP contribution is 2.31. The van der Waals surface area contributed by atoms with Gasteiger partial charge in [0, 0.05) is 25.8 Å². The zero-order valence-electron chi connectivity index (χ0n) is 15.1. The lowest BCUT2D eigenvalue weighted by Gasteiger charge is -2.21. The van der Waals surface area contributed by atoms with Gasteiger partial charge in [-0.15, -0.1) is 11.6 Å². The molecule has 0 aromatic heterocycles. The number of amides is 2. The molecule has 1 atom stereocenters. The molecule has 0 radical (unpaired) electrons. The summed E-state index contributed by atoms with van der Waals surface area (Å²) >= 11 is 5.62. The predicted molar refractivity (Wildman–Crippen MR) is 105 cm³/mol. The Morgan fingerprint density at radius 3 is 2.48 bits per heavy atom. The van der Waals surface area contributed by atoms with Crippen LogP contribution in [0.5, 0.6) is 5.75 Å². The van der Waals surface area contributed by atoms with Gasteiger partial charge in [0.15, 0.2) is 0 Å². The molecule has 0 aliphatic carbocycles. The van der Waals surface area contributed by atoms with Crippen LogP contribution in [0.2, 0.25) is 0 Å². The molecule has 2 N–H and O–H groups in total. The summed E-state index contributed by atoms with van der Waals surface area (Å²) in [6.45, 7) is 0.194. The van der Waals surface area contributed by atoms with Crippen molar-refractivity contribution in [1.82, 2.24) is 5.32 Å². The van der Waals surface area contributed by atoms with Crippen LogP contribution in [0.1, 0.15) is 24.5 Å². The molecule has 0 spiro atoms. The summed E-state index contributed by atoms with van der Waals surface area (Å²) in [7, 11) is 1.51. The number of nitrogens with one attached hydrogen (secondary N) is 2. The lowest BCUT2D eigenvalue weighted by Crippen LogP contribution is -2.21. The Hall–Kier alpha value is -2.73. The molecule has 7 heteroatoms. The number of hydrogen-bond acceptors (Lipinski definition) is 4. The van der Waals surface area contributed by atoms with Crippen molar-refractivity contribution in [2.75, 3.05) is 24.9 Å². The van der Waals surface area contributed by atoms with E-state index < -0.39 is 6.09 Å². The summed E-state index contributed by atoms with van der Waals surface area (Å²) in [5.41, 5.74) is 1.51. The Balaban J connectivity index is 2.15. The first-order chi connectivity index (χ1) is 13.1. The minimum absolute atomic E-state index is 0.180. The monoisotopic (exact) mass is 390 g/mol. The van der Waals surface area contributed by atoms with Crippen LogP contribution in [0.15, 0.2) is 54.6 Å². The lowest BCUT2D eigenvalue weighted by atomic mass is 10.1. The van der Waals surface area contributed by atoms with E-state index in [0.29, 0.717) is 17.9 Å². The fourth-order valence-corrected chi connectivity index (χ4v) is 2.59. The summed E-state index contributed by atoms with van der Waals surface area (Å²) < 4.78 is 11.3. The molecule has 0 bridgehead atoms. The summed E-state index contributed by atoms with van der Waals surface area (Å²) in [4.78, 5) is 23.2. The molecule has 0 aliphatic rings. The van der Waals surface area contributed by atoms with Crippen LogP contribution in [0, 0.1) is 0 Å². The molecule has 6 nitrogen and oxygen atoms in total. The summed E-state index contributed by atoms with van der Waals surface area (Å²) in [5, 5.41) is 5.22. The van der Waals surface area contributed by atoms with Crippen molar-refractivity contribution in [3.05, 3.63) is 60.2 Å². The van der Waals surface area contributed by atoms with Gasteiger partial charge >= 0.3 is 6.09 Å². The molecule has 0 fully saturated rings. The summed E-state index contributed by atoms with van der Waals surface area (Å²) in [6, 6.07) is 16.8. The number of benzene rings is 2. The normalized spacial score (nSPS) is 11.3. The van der Waals surface area contributed by atoms with Crippen molar-refractivity contribution in [2.24, 2.45) is 0 Å². The number of alkyl carbamates (subject to hydrolysis) is 1. The number of para-hydroxylation sites is 2. The maximum Gasteiger partial charge on any atom is 0.406 e. The molecular weight excluding hydrogens is 368 g/mol. The summed E-state index contributed by atoms with van der Waals surface area (Å²) in [5.74, 6) is 0.604. The van der Waals surface area contributed by atoms with E-state index in [1.54, 1.807) is 12.1 Å². The molecule has 0 saturated heterocycles. The third-order valence-corrected chi connectivity index (χ3v) is 3.93. The van der Waals surface area contributed by atoms with Crippen LogP contribution in [0.3, 0.4) is 0 Å². The first-order valence-corrected chi connectivity index (χ1v) is 9.18. The van der Waals surface area contributed by atoms with E-state index in [1.807, 2.05) is 42.5 Å². The minimum Gasteiger partial charge on any atom is -0.483 e. The second kappa shape index (κ2) is 11.1. The Kier molecular flexibility index (Phi) is 8.45. The molecule has 0 heterocycles. The quantitative estimate of drug-likeness (QED) is 0.631. The molecular formula is C20H23ClN2O4. The zero-order valence-corrected chi connectivity index (χ0v) is 15.9. The van der Waals surface area contributed by atoms with E-state index in [4.69, 9.17) is 21.1 Å². The van der Waals surface area contributed by atoms with E-state index >= 15 is 0 Å². The van der Waals surface area contributed by atoms with E-state index in [1.165, 1.54) is 7.05 Å². The van der Waals surface area contributed by atoms with Gasteiger partial charge in [0.1, 0.15) is 11.9 Å². The van der Waals surface area contributed by atoms with Crippen molar-refractivity contribution < 1.29 is 19.1 Å². The number of rotatable bonds is 9. The largest absolute Gasteiger partial charge is 0.483 e. The zero-order chi connectivity index (χ0) is 19.5. The second-order valence-electron chi connectivity index (χ2n) is 5.68. The molecule has 0 saturated carbocycles. The molecule has 2 amide bonds. The van der Waals surface area contributed by atoms with E-state index in [2.05, 4.69) is 10.6 Å². The third kappa shape index (κ3) is 6.83. The van der Waals surface area contributed by atoms with E-state index in [9.17, 15) is 9.59 Å². The standard InChI is InChI=1S/C20H23ClN2O4/c1-22-20(25)26-14-12-17(15-7-3-2-4-8-15)27-18-10-6-5-9-16(18)23-19(24)11-13-21/h2-10,17H,11-14H2,1H3,(H,22,25)(H,23,24). The Morgan fingerprint density at radius 1 is 1.07 bits per heavy atom. The van der Waals surface area contributed by atoms with Crippen molar-refractivity contribution in [2.45, 2.75) is 18.9 Å². The van der Waals surface area contributed by atoms with Gasteiger partial charge in [-0.05, 0) is 17.7 Å². The van der Waals surface area contributed by atoms with Crippen molar-refractivity contribution in [3.63, 3.8) is 0 Å². The van der Waals surface area contributed by atoms with Gasteiger partial charge < -0.3 is 20.1 Å². The topological polar surface area (TPSA) is 76.7 Å². The maximum absolute atomic E-state index is 11.9. The first kappa shape index (κ1) is 20.6. The summed E-state index contributed by atoms with van der Waals surface area (Å²) in [6.07, 6.45) is -0.156. The number of halogens is 1. The second-order valence-corrected chi connectivity index (χ2v) is 6.05. The lowest BCUT2D eigenvalue weighted by molar-refractivity contribution is -0.115. The van der Waals surface area contributed by atoms with Crippen LogP contribution < -0.4 is 15.4 Å². The van der Waals surface area contributed by atoms with Gasteiger partial charge in [-0.3, -0.25) is 4.79 Å². The van der Waals surface area contributed by atoms with E-state index in [-0.39, 0.29) is 30.9 Å². The molecule has 144 valence electrons. The first-order valence-electron chi connectivity index (χ1n) is 8.65. The van der Waals surface area contributed by atoms with Gasteiger partial charge in [0.05, 0.1) is 12.3 Å². The Labute approximate surface area is 163 Å². The average molecular weight is 391 g/mol. The molecule has 2 rings (SSSR count). The van der Waals surface area contributed by atoms with Gasteiger partial charge in [-0.25, -0.2) is 4.79 Å². The predicted octanol–water partition coefficient (Wildman–Crippen LogP) is 4.12. The number of hydrogen-bond donors (Lipinski definition) is 2. The molecule has 27 heavy (non-hydrogen) atoms. The molecule has 2 aromatic carbocycles. The number of anilines is 1. The van der Waals surface area contributed by atoms with Crippen LogP contribution in [-0.4, -0.2) is 31.5 Å². The van der Waals surface area contributed by atoms with Crippen molar-refractivity contribution >= 4 is 29.3 Å². The number of carbonyl (C=O) groups is 2. The van der Waals surface area contributed by atoms with Gasteiger partial charge in [0.25, 0.3) is 0 Å². The number of ether oxygens (including phenoxy) is 2. The van der Waals surface area contributed by atoms with Gasteiger partial charge in [0.2, 0.25) is 5.91 Å². The number of alkyl halides is 1. The third-order valence-electron chi connectivity index (χ3n) is 3.74. The Bertz CT molecular complexity index is 740. The van der Waals surface area contributed by atoms with Crippen LogP contribution in [0.4, 0.5) is 10.5 Å². The van der Waals surface area contributed by atoms with Crippen LogP contribution in [0.25, 0.3) is 0 Å².